The van der Waals surface area contributed by atoms with Crippen molar-refractivity contribution < 1.29 is 9.53 Å². The number of H-pyrrole nitrogens is 1. The summed E-state index contributed by atoms with van der Waals surface area (Å²) in [6.45, 7) is 1.02. The van der Waals surface area contributed by atoms with Crippen LogP contribution in [0, 0.1) is 0 Å². The van der Waals surface area contributed by atoms with E-state index in [2.05, 4.69) is 47.5 Å². The van der Waals surface area contributed by atoms with Crippen molar-refractivity contribution >= 4 is 34.1 Å². The maximum absolute atomic E-state index is 12.6. The zero-order valence-electron chi connectivity index (χ0n) is 16.5. The van der Waals surface area contributed by atoms with Gasteiger partial charge in [0.25, 0.3) is 5.91 Å². The second kappa shape index (κ2) is 7.52. The van der Waals surface area contributed by atoms with Crippen molar-refractivity contribution in [2.75, 3.05) is 33.1 Å². The molecular weight excluding hydrogens is 350 g/mol. The van der Waals surface area contributed by atoms with Gasteiger partial charge in [0.05, 0.1) is 12.7 Å². The summed E-state index contributed by atoms with van der Waals surface area (Å²) < 4.78 is 5.34. The molecular formula is C23H25N3O2. The smallest absolute Gasteiger partial charge is 0.256 e. The highest BCUT2D eigenvalue weighted by atomic mass is 16.5. The number of nitrogens with one attached hydrogen (secondary N) is 2. The zero-order chi connectivity index (χ0) is 19.7. The Hall–Kier alpha value is -3.05. The van der Waals surface area contributed by atoms with E-state index in [0.717, 1.165) is 47.6 Å². The molecule has 0 aliphatic carbocycles. The molecule has 2 N–H and O–H groups in total. The second-order valence-corrected chi connectivity index (χ2v) is 7.39. The van der Waals surface area contributed by atoms with Gasteiger partial charge in [-0.05, 0) is 69.4 Å². The number of nitrogens with zero attached hydrogens (tertiary/aromatic N) is 1. The van der Waals surface area contributed by atoms with E-state index in [9.17, 15) is 4.79 Å². The van der Waals surface area contributed by atoms with Crippen LogP contribution in [0.1, 0.15) is 23.2 Å². The van der Waals surface area contributed by atoms with Crippen molar-refractivity contribution in [3.8, 4) is 5.75 Å². The summed E-state index contributed by atoms with van der Waals surface area (Å²) in [5, 5.41) is 4.17. The van der Waals surface area contributed by atoms with Gasteiger partial charge in [0.1, 0.15) is 5.75 Å². The normalized spacial score (nSPS) is 14.7. The van der Waals surface area contributed by atoms with Gasteiger partial charge < -0.3 is 19.9 Å². The van der Waals surface area contributed by atoms with Crippen molar-refractivity contribution in [1.82, 2.24) is 9.88 Å². The van der Waals surface area contributed by atoms with Gasteiger partial charge in [-0.3, -0.25) is 4.79 Å². The summed E-state index contributed by atoms with van der Waals surface area (Å²) in [6, 6.07) is 14.0. The maximum atomic E-state index is 12.6. The second-order valence-electron chi connectivity index (χ2n) is 7.39. The fraction of sp³-hybridized carbons (Fsp3) is 0.261. The standard InChI is InChI=1S/C23H25N3O2/c1-26(2)12-6-8-17-16-7-4-5-9-20(16)24-22(17)14-19-18-13-15(28-3)10-11-21(18)25-23(19)27/h4-5,7,9-11,13-14,24H,6,8,12H2,1-3H3,(H,25,27). The minimum atomic E-state index is -0.0823. The molecule has 2 heterocycles. The number of ether oxygens (including phenoxy) is 1. The van der Waals surface area contributed by atoms with Crippen LogP contribution in [0.25, 0.3) is 22.6 Å². The number of hydrogen-bond donors (Lipinski definition) is 2. The van der Waals surface area contributed by atoms with Crippen LogP contribution in [0.3, 0.4) is 0 Å². The molecule has 0 unspecified atom stereocenters. The summed E-state index contributed by atoms with van der Waals surface area (Å²) in [6.07, 6.45) is 3.99. The predicted octanol–water partition coefficient (Wildman–Crippen LogP) is 4.16. The lowest BCUT2D eigenvalue weighted by Gasteiger charge is -2.09. The van der Waals surface area contributed by atoms with Gasteiger partial charge in [0, 0.05) is 27.8 Å². The third kappa shape index (κ3) is 3.41. The number of aromatic amines is 1. The SMILES string of the molecule is COc1ccc2c(c1)C(=Cc1[nH]c3ccccc3c1CCCN(C)C)C(=O)N2. The molecule has 0 spiro atoms. The van der Waals surface area contributed by atoms with E-state index >= 15 is 0 Å². The number of aromatic nitrogens is 1. The molecule has 0 bridgehead atoms. The summed E-state index contributed by atoms with van der Waals surface area (Å²) in [5.74, 6) is 0.658. The Bertz CT molecular complexity index is 1060. The minimum absolute atomic E-state index is 0.0823. The van der Waals surface area contributed by atoms with Gasteiger partial charge in [-0.15, -0.1) is 0 Å². The van der Waals surface area contributed by atoms with Crippen LogP contribution < -0.4 is 10.1 Å². The third-order valence-electron chi connectivity index (χ3n) is 5.18. The third-order valence-corrected chi connectivity index (χ3v) is 5.18. The molecule has 0 saturated heterocycles. The number of fused-ring (bicyclic) bond motifs is 2. The van der Waals surface area contributed by atoms with Crippen LogP contribution in [0.2, 0.25) is 0 Å². The van der Waals surface area contributed by atoms with Crippen molar-refractivity contribution in [2.45, 2.75) is 12.8 Å². The van der Waals surface area contributed by atoms with Gasteiger partial charge >= 0.3 is 0 Å². The average molecular weight is 375 g/mol. The molecule has 5 nitrogen and oxygen atoms in total. The number of benzene rings is 2. The molecule has 2 aromatic carbocycles. The number of carbonyl (C=O) groups excluding carboxylic acids is 1. The first-order valence-electron chi connectivity index (χ1n) is 9.52. The number of aryl methyl sites for hydroxylation is 1. The molecule has 3 aromatic rings. The highest BCUT2D eigenvalue weighted by Crippen LogP contribution is 2.36. The fourth-order valence-electron chi connectivity index (χ4n) is 3.77. The molecule has 1 aromatic heterocycles. The number of rotatable bonds is 6. The lowest BCUT2D eigenvalue weighted by molar-refractivity contribution is -0.110. The molecule has 4 rings (SSSR count). The van der Waals surface area contributed by atoms with E-state index in [4.69, 9.17) is 4.74 Å². The van der Waals surface area contributed by atoms with Crippen LogP contribution in [0.4, 0.5) is 5.69 Å². The monoisotopic (exact) mass is 375 g/mol. The Morgan fingerprint density at radius 1 is 1.14 bits per heavy atom. The molecule has 0 saturated carbocycles. The molecule has 0 radical (unpaired) electrons. The Morgan fingerprint density at radius 2 is 1.96 bits per heavy atom. The molecule has 0 fully saturated rings. The van der Waals surface area contributed by atoms with E-state index in [0.29, 0.717) is 5.57 Å². The molecule has 1 aliphatic rings. The molecule has 28 heavy (non-hydrogen) atoms. The molecule has 144 valence electrons. The van der Waals surface area contributed by atoms with Gasteiger partial charge in [0.2, 0.25) is 0 Å². The first-order chi connectivity index (χ1) is 13.6. The first-order valence-corrected chi connectivity index (χ1v) is 9.52. The van der Waals surface area contributed by atoms with E-state index in [1.807, 2.05) is 30.3 Å². The average Bonchev–Trinajstić information content (AvgIpc) is 3.19. The highest BCUT2D eigenvalue weighted by Gasteiger charge is 2.25. The van der Waals surface area contributed by atoms with Gasteiger partial charge in [-0.1, -0.05) is 18.2 Å². The van der Waals surface area contributed by atoms with Crippen LogP contribution in [0.5, 0.6) is 5.75 Å². The van der Waals surface area contributed by atoms with Crippen LogP contribution in [-0.2, 0) is 11.2 Å². The number of para-hydroxylation sites is 1. The Kier molecular flexibility index (Phi) is 4.92. The lowest BCUT2D eigenvalue weighted by Crippen LogP contribution is -2.13. The van der Waals surface area contributed by atoms with Crippen LogP contribution in [-0.4, -0.2) is 43.5 Å². The summed E-state index contributed by atoms with van der Waals surface area (Å²) >= 11 is 0. The number of hydrogen-bond acceptors (Lipinski definition) is 3. The van der Waals surface area contributed by atoms with E-state index in [-0.39, 0.29) is 5.91 Å². The number of carbonyl (C=O) groups is 1. The number of amides is 1. The highest BCUT2D eigenvalue weighted by molar-refractivity contribution is 6.35. The summed E-state index contributed by atoms with van der Waals surface area (Å²) in [5.41, 5.74) is 5.72. The first kappa shape index (κ1) is 18.3. The topological polar surface area (TPSA) is 57.4 Å². The molecule has 1 amide bonds. The predicted molar refractivity (Wildman–Crippen MR) is 115 cm³/mol. The summed E-state index contributed by atoms with van der Waals surface area (Å²) in [7, 11) is 5.81. The van der Waals surface area contributed by atoms with E-state index in [1.165, 1.54) is 10.9 Å². The number of methoxy groups -OCH3 is 1. The Labute approximate surface area is 165 Å². The molecule has 1 aliphatic heterocycles. The van der Waals surface area contributed by atoms with Crippen molar-refractivity contribution in [1.29, 1.82) is 0 Å². The van der Waals surface area contributed by atoms with Crippen molar-refractivity contribution in [3.63, 3.8) is 0 Å². The van der Waals surface area contributed by atoms with Crippen LogP contribution >= 0.6 is 0 Å². The fourth-order valence-corrected chi connectivity index (χ4v) is 3.77. The maximum Gasteiger partial charge on any atom is 0.256 e. The van der Waals surface area contributed by atoms with Crippen LogP contribution in [0.15, 0.2) is 42.5 Å². The Morgan fingerprint density at radius 3 is 2.75 bits per heavy atom. The molecule has 5 heteroatoms. The van der Waals surface area contributed by atoms with Gasteiger partial charge in [0.15, 0.2) is 0 Å². The van der Waals surface area contributed by atoms with Gasteiger partial charge in [-0.2, -0.15) is 0 Å². The van der Waals surface area contributed by atoms with Crippen molar-refractivity contribution in [2.24, 2.45) is 0 Å². The van der Waals surface area contributed by atoms with Gasteiger partial charge in [-0.25, -0.2) is 0 Å². The Balaban J connectivity index is 1.78. The quantitative estimate of drug-likeness (QED) is 0.636. The van der Waals surface area contributed by atoms with Crippen molar-refractivity contribution in [3.05, 3.63) is 59.3 Å². The molecule has 0 atom stereocenters. The summed E-state index contributed by atoms with van der Waals surface area (Å²) in [4.78, 5) is 18.3. The number of anilines is 1. The largest absolute Gasteiger partial charge is 0.497 e. The van der Waals surface area contributed by atoms with E-state index < -0.39 is 0 Å². The lowest BCUT2D eigenvalue weighted by atomic mass is 10.0. The zero-order valence-corrected chi connectivity index (χ0v) is 16.5. The minimum Gasteiger partial charge on any atom is -0.497 e. The van der Waals surface area contributed by atoms with E-state index in [1.54, 1.807) is 7.11 Å².